The minimum Gasteiger partial charge on any atom is -0.397 e. The zero-order chi connectivity index (χ0) is 10.7. The number of aliphatic hydroxyl groups is 1. The zero-order valence-electron chi connectivity index (χ0n) is 8.91. The first-order chi connectivity index (χ1) is 6.52. The van der Waals surface area contributed by atoms with Crippen LogP contribution in [0.25, 0.3) is 0 Å². The first-order valence-electron chi connectivity index (χ1n) is 4.82. The average Bonchev–Trinajstić information content (AvgIpc) is 2.11. The standard InChI is InChI=1S/C11H18N2O/c1-7-5-4-6-10(12)11(7)13-8(2)9(3)14/h4-6,8-9,13-14H,12H2,1-3H3. The topological polar surface area (TPSA) is 58.3 Å². The molecule has 2 atom stereocenters. The van der Waals surface area contributed by atoms with Crippen LogP contribution in [0.1, 0.15) is 19.4 Å². The van der Waals surface area contributed by atoms with Crippen LogP contribution in [0.4, 0.5) is 11.4 Å². The Labute approximate surface area is 84.9 Å². The highest BCUT2D eigenvalue weighted by Gasteiger charge is 2.10. The van der Waals surface area contributed by atoms with E-state index in [0.29, 0.717) is 0 Å². The molecule has 0 heterocycles. The summed E-state index contributed by atoms with van der Waals surface area (Å²) in [7, 11) is 0. The van der Waals surface area contributed by atoms with Crippen molar-refractivity contribution in [2.24, 2.45) is 0 Å². The second-order valence-corrected chi connectivity index (χ2v) is 3.71. The predicted octanol–water partition coefficient (Wildman–Crippen LogP) is 1.76. The van der Waals surface area contributed by atoms with Crippen LogP contribution in [-0.2, 0) is 0 Å². The Bertz CT molecular complexity index is 290. The fraction of sp³-hybridized carbons (Fsp3) is 0.455. The minimum atomic E-state index is -0.394. The highest BCUT2D eigenvalue weighted by atomic mass is 16.3. The van der Waals surface area contributed by atoms with E-state index in [0.717, 1.165) is 16.9 Å². The molecule has 2 unspecified atom stereocenters. The number of para-hydroxylation sites is 1. The van der Waals surface area contributed by atoms with Gasteiger partial charge in [0.15, 0.2) is 0 Å². The number of benzene rings is 1. The monoisotopic (exact) mass is 194 g/mol. The van der Waals surface area contributed by atoms with E-state index in [9.17, 15) is 5.11 Å². The minimum absolute atomic E-state index is 0.00148. The van der Waals surface area contributed by atoms with Gasteiger partial charge in [-0.05, 0) is 32.4 Å². The van der Waals surface area contributed by atoms with E-state index >= 15 is 0 Å². The van der Waals surface area contributed by atoms with Crippen molar-refractivity contribution in [3.8, 4) is 0 Å². The Morgan fingerprint density at radius 2 is 2.00 bits per heavy atom. The molecule has 0 aliphatic rings. The molecule has 3 nitrogen and oxygen atoms in total. The van der Waals surface area contributed by atoms with Gasteiger partial charge in [0, 0.05) is 6.04 Å². The number of nitrogens with two attached hydrogens (primary N) is 1. The van der Waals surface area contributed by atoms with Gasteiger partial charge >= 0.3 is 0 Å². The van der Waals surface area contributed by atoms with Crippen molar-refractivity contribution in [2.45, 2.75) is 32.9 Å². The molecule has 0 aromatic heterocycles. The molecular formula is C11H18N2O. The Kier molecular flexibility index (Phi) is 3.36. The average molecular weight is 194 g/mol. The van der Waals surface area contributed by atoms with Crippen LogP contribution in [0.15, 0.2) is 18.2 Å². The summed E-state index contributed by atoms with van der Waals surface area (Å²) in [6.07, 6.45) is -0.394. The molecule has 0 spiro atoms. The molecule has 4 N–H and O–H groups in total. The number of aliphatic hydroxyl groups excluding tert-OH is 1. The molecule has 1 aromatic carbocycles. The summed E-state index contributed by atoms with van der Waals surface area (Å²) >= 11 is 0. The third-order valence-electron chi connectivity index (χ3n) is 2.40. The summed E-state index contributed by atoms with van der Waals surface area (Å²) in [6.45, 7) is 5.68. The van der Waals surface area contributed by atoms with Gasteiger partial charge in [-0.3, -0.25) is 0 Å². The number of hydrogen-bond donors (Lipinski definition) is 3. The normalized spacial score (nSPS) is 14.9. The van der Waals surface area contributed by atoms with Crippen LogP contribution < -0.4 is 11.1 Å². The molecule has 1 aromatic rings. The van der Waals surface area contributed by atoms with E-state index in [-0.39, 0.29) is 6.04 Å². The Morgan fingerprint density at radius 3 is 2.50 bits per heavy atom. The van der Waals surface area contributed by atoms with Crippen molar-refractivity contribution in [3.05, 3.63) is 23.8 Å². The molecule has 3 heteroatoms. The van der Waals surface area contributed by atoms with Gasteiger partial charge in [-0.1, -0.05) is 12.1 Å². The molecule has 0 amide bonds. The van der Waals surface area contributed by atoms with E-state index in [4.69, 9.17) is 5.73 Å². The molecule has 78 valence electrons. The van der Waals surface area contributed by atoms with Crippen LogP contribution >= 0.6 is 0 Å². The number of nitrogens with one attached hydrogen (secondary N) is 1. The smallest absolute Gasteiger partial charge is 0.0710 e. The van der Waals surface area contributed by atoms with Crippen molar-refractivity contribution in [2.75, 3.05) is 11.1 Å². The summed E-state index contributed by atoms with van der Waals surface area (Å²) in [5.74, 6) is 0. The molecule has 14 heavy (non-hydrogen) atoms. The largest absolute Gasteiger partial charge is 0.397 e. The maximum absolute atomic E-state index is 9.36. The first-order valence-corrected chi connectivity index (χ1v) is 4.82. The Balaban J connectivity index is 2.85. The fourth-order valence-corrected chi connectivity index (χ4v) is 1.24. The highest BCUT2D eigenvalue weighted by Crippen LogP contribution is 2.23. The Hall–Kier alpha value is -1.22. The van der Waals surface area contributed by atoms with Crippen molar-refractivity contribution >= 4 is 11.4 Å². The summed E-state index contributed by atoms with van der Waals surface area (Å²) in [4.78, 5) is 0. The lowest BCUT2D eigenvalue weighted by atomic mass is 10.1. The van der Waals surface area contributed by atoms with Crippen LogP contribution in [-0.4, -0.2) is 17.3 Å². The molecule has 0 aliphatic carbocycles. The quantitative estimate of drug-likeness (QED) is 0.643. The number of aryl methyl sites for hydroxylation is 1. The zero-order valence-corrected chi connectivity index (χ0v) is 8.91. The second-order valence-electron chi connectivity index (χ2n) is 3.71. The maximum Gasteiger partial charge on any atom is 0.0710 e. The molecule has 0 fully saturated rings. The lowest BCUT2D eigenvalue weighted by Crippen LogP contribution is -2.28. The van der Waals surface area contributed by atoms with Gasteiger partial charge in [0.05, 0.1) is 17.5 Å². The van der Waals surface area contributed by atoms with E-state index in [1.165, 1.54) is 0 Å². The third kappa shape index (κ3) is 2.39. The molecular weight excluding hydrogens is 176 g/mol. The van der Waals surface area contributed by atoms with Gasteiger partial charge < -0.3 is 16.2 Å². The first kappa shape index (κ1) is 10.9. The Morgan fingerprint density at radius 1 is 1.36 bits per heavy atom. The van der Waals surface area contributed by atoms with Crippen molar-refractivity contribution in [1.29, 1.82) is 0 Å². The van der Waals surface area contributed by atoms with Crippen LogP contribution in [0.3, 0.4) is 0 Å². The van der Waals surface area contributed by atoms with Crippen molar-refractivity contribution < 1.29 is 5.11 Å². The van der Waals surface area contributed by atoms with Gasteiger partial charge in [-0.2, -0.15) is 0 Å². The SMILES string of the molecule is Cc1cccc(N)c1NC(C)C(C)O. The van der Waals surface area contributed by atoms with Gasteiger partial charge in [0.2, 0.25) is 0 Å². The number of hydrogen-bond acceptors (Lipinski definition) is 3. The van der Waals surface area contributed by atoms with E-state index in [1.54, 1.807) is 6.92 Å². The molecule has 0 radical (unpaired) electrons. The lowest BCUT2D eigenvalue weighted by Gasteiger charge is -2.20. The molecule has 0 saturated carbocycles. The van der Waals surface area contributed by atoms with Crippen LogP contribution in [0.5, 0.6) is 0 Å². The maximum atomic E-state index is 9.36. The number of rotatable bonds is 3. The second kappa shape index (κ2) is 4.33. The van der Waals surface area contributed by atoms with E-state index in [1.807, 2.05) is 32.0 Å². The van der Waals surface area contributed by atoms with Gasteiger partial charge in [0.1, 0.15) is 0 Å². The predicted molar refractivity (Wildman–Crippen MR) is 60.4 cm³/mol. The molecule has 0 saturated heterocycles. The van der Waals surface area contributed by atoms with Crippen LogP contribution in [0, 0.1) is 6.92 Å². The van der Waals surface area contributed by atoms with Crippen molar-refractivity contribution in [1.82, 2.24) is 0 Å². The molecule has 1 rings (SSSR count). The van der Waals surface area contributed by atoms with Gasteiger partial charge in [-0.25, -0.2) is 0 Å². The van der Waals surface area contributed by atoms with Crippen molar-refractivity contribution in [3.63, 3.8) is 0 Å². The summed E-state index contributed by atoms with van der Waals surface area (Å²) in [5.41, 5.74) is 8.56. The van der Waals surface area contributed by atoms with E-state index in [2.05, 4.69) is 5.32 Å². The highest BCUT2D eigenvalue weighted by molar-refractivity contribution is 5.70. The number of anilines is 2. The summed E-state index contributed by atoms with van der Waals surface area (Å²) in [5, 5.41) is 12.6. The van der Waals surface area contributed by atoms with E-state index < -0.39 is 6.10 Å². The summed E-state index contributed by atoms with van der Waals surface area (Å²) < 4.78 is 0. The van der Waals surface area contributed by atoms with Gasteiger partial charge in [0.25, 0.3) is 0 Å². The molecule has 0 aliphatic heterocycles. The summed E-state index contributed by atoms with van der Waals surface area (Å²) in [6, 6.07) is 5.76. The number of nitrogen functional groups attached to an aromatic ring is 1. The van der Waals surface area contributed by atoms with Gasteiger partial charge in [-0.15, -0.1) is 0 Å². The third-order valence-corrected chi connectivity index (χ3v) is 2.40. The molecule has 0 bridgehead atoms. The van der Waals surface area contributed by atoms with Crippen LogP contribution in [0.2, 0.25) is 0 Å². The fourth-order valence-electron chi connectivity index (χ4n) is 1.24. The lowest BCUT2D eigenvalue weighted by molar-refractivity contribution is 0.178.